The summed E-state index contributed by atoms with van der Waals surface area (Å²) in [6.45, 7) is 5.78. The monoisotopic (exact) mass is 386 g/mol. The molecule has 148 valence electrons. The van der Waals surface area contributed by atoms with Gasteiger partial charge in [0.1, 0.15) is 5.82 Å². The Morgan fingerprint density at radius 2 is 1.62 bits per heavy atom. The third kappa shape index (κ3) is 4.37. The van der Waals surface area contributed by atoms with E-state index >= 15 is 0 Å². The van der Waals surface area contributed by atoms with Crippen LogP contribution in [0.25, 0.3) is 0 Å². The molecular formula is C23H26N6. The molecule has 2 N–H and O–H groups in total. The van der Waals surface area contributed by atoms with E-state index in [1.807, 2.05) is 67.6 Å². The number of hydrazone groups is 1. The van der Waals surface area contributed by atoms with Crippen LogP contribution in [0.1, 0.15) is 31.2 Å². The smallest absolute Gasteiger partial charge is 0.226 e. The summed E-state index contributed by atoms with van der Waals surface area (Å²) in [5, 5.41) is 12.9. The van der Waals surface area contributed by atoms with Gasteiger partial charge in [-0.3, -0.25) is 0 Å². The fourth-order valence-electron chi connectivity index (χ4n) is 3.65. The zero-order valence-electron chi connectivity index (χ0n) is 16.7. The summed E-state index contributed by atoms with van der Waals surface area (Å²) in [5.41, 5.74) is 2.79. The second kappa shape index (κ2) is 8.73. The maximum absolute atomic E-state index is 4.82. The largest absolute Gasteiger partial charge is 0.351 e. The van der Waals surface area contributed by atoms with Crippen molar-refractivity contribution in [3.63, 3.8) is 0 Å². The minimum Gasteiger partial charge on any atom is -0.351 e. The van der Waals surface area contributed by atoms with Crippen LogP contribution in [0.4, 0.5) is 29.0 Å². The van der Waals surface area contributed by atoms with Gasteiger partial charge < -0.3 is 10.6 Å². The zero-order valence-corrected chi connectivity index (χ0v) is 16.7. The molecule has 1 fully saturated rings. The van der Waals surface area contributed by atoms with Gasteiger partial charge in [-0.2, -0.15) is 15.1 Å². The molecule has 3 aromatic rings. The quantitative estimate of drug-likeness (QED) is 0.406. The molecular weight excluding hydrogens is 360 g/mol. The van der Waals surface area contributed by atoms with Gasteiger partial charge in [0.15, 0.2) is 5.82 Å². The Hall–Kier alpha value is -3.41. The first-order valence-electron chi connectivity index (χ1n) is 10.0. The molecule has 0 aliphatic heterocycles. The molecule has 4 rings (SSSR count). The van der Waals surface area contributed by atoms with Crippen LogP contribution in [0.15, 0.2) is 65.8 Å². The average Bonchev–Trinajstić information content (AvgIpc) is 3.26. The van der Waals surface area contributed by atoms with E-state index in [1.54, 1.807) is 5.01 Å². The van der Waals surface area contributed by atoms with E-state index in [2.05, 4.69) is 22.5 Å². The molecule has 6 heteroatoms. The van der Waals surface area contributed by atoms with E-state index in [4.69, 9.17) is 9.97 Å². The third-order valence-electron chi connectivity index (χ3n) is 5.19. The molecule has 2 aromatic carbocycles. The van der Waals surface area contributed by atoms with E-state index in [0.717, 1.165) is 35.6 Å². The maximum Gasteiger partial charge on any atom is 0.226 e. The van der Waals surface area contributed by atoms with Gasteiger partial charge in [-0.05, 0) is 44.0 Å². The van der Waals surface area contributed by atoms with Gasteiger partial charge in [-0.1, -0.05) is 49.2 Å². The Morgan fingerprint density at radius 3 is 2.28 bits per heavy atom. The molecule has 0 radical (unpaired) electrons. The molecule has 6 nitrogen and oxygen atoms in total. The van der Waals surface area contributed by atoms with Crippen LogP contribution in [0.3, 0.4) is 0 Å². The number of anilines is 5. The number of nitrogens with one attached hydrogen (secondary N) is 2. The normalized spacial score (nSPS) is 13.8. The Bertz CT molecular complexity index is 952. The van der Waals surface area contributed by atoms with Crippen molar-refractivity contribution in [2.24, 2.45) is 5.10 Å². The molecule has 0 spiro atoms. The molecule has 1 saturated carbocycles. The van der Waals surface area contributed by atoms with Gasteiger partial charge in [0.25, 0.3) is 0 Å². The second-order valence-electron chi connectivity index (χ2n) is 7.25. The minimum absolute atomic E-state index is 0.414. The number of hydrogen-bond donors (Lipinski definition) is 2. The van der Waals surface area contributed by atoms with E-state index in [9.17, 15) is 0 Å². The Morgan fingerprint density at radius 1 is 0.966 bits per heavy atom. The lowest BCUT2D eigenvalue weighted by atomic mass is 10.2. The van der Waals surface area contributed by atoms with E-state index < -0.39 is 0 Å². The summed E-state index contributed by atoms with van der Waals surface area (Å²) < 4.78 is 0. The molecule has 0 saturated heterocycles. The Labute approximate surface area is 171 Å². The van der Waals surface area contributed by atoms with Crippen molar-refractivity contribution < 1.29 is 0 Å². The standard InChI is InChI=1S/C23H26N6/c1-17-21(25-18-11-5-3-6-12-18)27-23(26-19-13-9-10-14-19)28-22(17)29(24-2)20-15-7-4-8-16-20/h3-8,11-12,15-16,19H,2,9-10,13-14H2,1H3,(H2,25,26,27,28). The highest BCUT2D eigenvalue weighted by atomic mass is 15.5. The van der Waals surface area contributed by atoms with Crippen molar-refractivity contribution in [3.8, 4) is 0 Å². The highest BCUT2D eigenvalue weighted by Gasteiger charge is 2.21. The van der Waals surface area contributed by atoms with Crippen LogP contribution >= 0.6 is 0 Å². The number of para-hydroxylation sites is 2. The van der Waals surface area contributed by atoms with Gasteiger partial charge in [0.2, 0.25) is 5.95 Å². The topological polar surface area (TPSA) is 65.4 Å². The van der Waals surface area contributed by atoms with Gasteiger partial charge in [0.05, 0.1) is 5.69 Å². The molecule has 1 heterocycles. The molecule has 1 aromatic heterocycles. The number of hydrogen-bond acceptors (Lipinski definition) is 6. The van der Waals surface area contributed by atoms with Gasteiger partial charge in [-0.25, -0.2) is 5.01 Å². The molecule has 0 bridgehead atoms. The van der Waals surface area contributed by atoms with Crippen LogP contribution in [-0.4, -0.2) is 22.7 Å². The lowest BCUT2D eigenvalue weighted by molar-refractivity contribution is 0.743. The van der Waals surface area contributed by atoms with Crippen molar-refractivity contribution in [1.29, 1.82) is 0 Å². The Balaban J connectivity index is 1.75. The van der Waals surface area contributed by atoms with Gasteiger partial charge >= 0.3 is 0 Å². The summed E-state index contributed by atoms with van der Waals surface area (Å²) in [6.07, 6.45) is 4.79. The van der Waals surface area contributed by atoms with Crippen LogP contribution in [0.2, 0.25) is 0 Å². The minimum atomic E-state index is 0.414. The number of nitrogens with zero attached hydrogens (tertiary/aromatic N) is 4. The van der Waals surface area contributed by atoms with Crippen molar-refractivity contribution >= 4 is 35.7 Å². The number of aromatic nitrogens is 2. The fourth-order valence-corrected chi connectivity index (χ4v) is 3.65. The van der Waals surface area contributed by atoms with Crippen molar-refractivity contribution in [1.82, 2.24) is 9.97 Å². The molecule has 1 aliphatic rings. The highest BCUT2D eigenvalue weighted by Crippen LogP contribution is 2.33. The predicted octanol–water partition coefficient (Wildman–Crippen LogP) is 5.64. The molecule has 1 aliphatic carbocycles. The summed E-state index contributed by atoms with van der Waals surface area (Å²) in [4.78, 5) is 9.60. The first-order valence-corrected chi connectivity index (χ1v) is 10.0. The van der Waals surface area contributed by atoms with E-state index in [0.29, 0.717) is 17.8 Å². The van der Waals surface area contributed by atoms with Crippen LogP contribution < -0.4 is 15.6 Å². The van der Waals surface area contributed by atoms with E-state index in [-0.39, 0.29) is 0 Å². The molecule has 0 amide bonds. The first-order chi connectivity index (χ1) is 14.2. The van der Waals surface area contributed by atoms with Gasteiger partial charge in [0, 0.05) is 24.0 Å². The average molecular weight is 387 g/mol. The molecule has 29 heavy (non-hydrogen) atoms. The molecule has 0 atom stereocenters. The Kier molecular flexibility index (Phi) is 5.70. The van der Waals surface area contributed by atoms with Gasteiger partial charge in [-0.15, -0.1) is 0 Å². The SMILES string of the molecule is C=NN(c1ccccc1)c1nc(NC2CCCC2)nc(Nc2ccccc2)c1C. The highest BCUT2D eigenvalue weighted by molar-refractivity contribution is 5.72. The van der Waals surface area contributed by atoms with Crippen LogP contribution in [0, 0.1) is 6.92 Å². The zero-order chi connectivity index (χ0) is 20.1. The van der Waals surface area contributed by atoms with E-state index in [1.165, 1.54) is 12.8 Å². The van der Waals surface area contributed by atoms with Crippen LogP contribution in [-0.2, 0) is 0 Å². The lowest BCUT2D eigenvalue weighted by Gasteiger charge is -2.23. The van der Waals surface area contributed by atoms with Crippen molar-refractivity contribution in [3.05, 3.63) is 66.2 Å². The summed E-state index contributed by atoms with van der Waals surface area (Å²) in [5.74, 6) is 2.08. The molecule has 0 unspecified atom stereocenters. The summed E-state index contributed by atoms with van der Waals surface area (Å²) in [7, 11) is 0. The fraction of sp³-hybridized carbons (Fsp3) is 0.261. The van der Waals surface area contributed by atoms with Crippen molar-refractivity contribution in [2.75, 3.05) is 15.6 Å². The number of benzene rings is 2. The third-order valence-corrected chi connectivity index (χ3v) is 5.19. The first kappa shape index (κ1) is 18.9. The predicted molar refractivity (Wildman–Crippen MR) is 121 cm³/mol. The lowest BCUT2D eigenvalue weighted by Crippen LogP contribution is -2.20. The van der Waals surface area contributed by atoms with Crippen LogP contribution in [0.5, 0.6) is 0 Å². The maximum atomic E-state index is 4.82. The van der Waals surface area contributed by atoms with Crippen molar-refractivity contribution in [2.45, 2.75) is 38.6 Å². The summed E-state index contributed by atoms with van der Waals surface area (Å²) >= 11 is 0. The second-order valence-corrected chi connectivity index (χ2v) is 7.25. The summed E-state index contributed by atoms with van der Waals surface area (Å²) in [6, 6.07) is 20.4. The number of rotatable bonds is 7.